The van der Waals surface area contributed by atoms with Crippen molar-refractivity contribution in [2.24, 2.45) is 0 Å². The Hall–Kier alpha value is -2.31. The molecule has 0 saturated carbocycles. The van der Waals surface area contributed by atoms with Crippen LogP contribution < -0.4 is 5.32 Å². The second kappa shape index (κ2) is 7.07. The minimum atomic E-state index is -0.0432. The van der Waals surface area contributed by atoms with E-state index in [-0.39, 0.29) is 6.61 Å². The molecule has 2 N–H and O–H groups in total. The quantitative estimate of drug-likeness (QED) is 0.734. The molecular formula is C18H20N4OS. The van der Waals surface area contributed by atoms with Gasteiger partial charge in [-0.15, -0.1) is 11.3 Å². The number of hydrogen-bond donors (Lipinski definition) is 2. The first-order chi connectivity index (χ1) is 11.6. The molecule has 0 saturated heterocycles. The smallest absolute Gasteiger partial charge is 0.227 e. The summed E-state index contributed by atoms with van der Waals surface area (Å²) in [4.78, 5) is 14.4. The average Bonchev–Trinajstić information content (AvgIpc) is 2.97. The summed E-state index contributed by atoms with van der Waals surface area (Å²) in [7, 11) is 0. The van der Waals surface area contributed by atoms with Gasteiger partial charge in [-0.2, -0.15) is 0 Å². The zero-order chi connectivity index (χ0) is 17.1. The highest BCUT2D eigenvalue weighted by molar-refractivity contribution is 7.15. The molecule has 24 heavy (non-hydrogen) atoms. The van der Waals surface area contributed by atoms with Crippen molar-refractivity contribution in [2.75, 3.05) is 5.32 Å². The number of nitrogens with zero attached hydrogens (tertiary/aromatic N) is 3. The molecule has 0 radical (unpaired) electrons. The minimum Gasteiger partial charge on any atom is -0.390 e. The van der Waals surface area contributed by atoms with Crippen LogP contribution in [-0.4, -0.2) is 20.1 Å². The lowest BCUT2D eigenvalue weighted by atomic mass is 10.1. The number of aromatic nitrogens is 3. The summed E-state index contributed by atoms with van der Waals surface area (Å²) in [5.74, 6) is 0.538. The fourth-order valence-electron chi connectivity index (χ4n) is 2.61. The third kappa shape index (κ3) is 3.60. The van der Waals surface area contributed by atoms with Crippen molar-refractivity contribution >= 4 is 23.0 Å². The van der Waals surface area contributed by atoms with Gasteiger partial charge in [0.1, 0.15) is 10.7 Å². The highest BCUT2D eigenvalue weighted by atomic mass is 32.1. The van der Waals surface area contributed by atoms with Crippen LogP contribution >= 0.6 is 11.3 Å². The summed E-state index contributed by atoms with van der Waals surface area (Å²) in [6.45, 7) is 6.14. The van der Waals surface area contributed by atoms with Gasteiger partial charge in [0.05, 0.1) is 12.3 Å². The number of aliphatic hydroxyl groups is 1. The van der Waals surface area contributed by atoms with E-state index in [1.807, 2.05) is 6.07 Å². The number of benzene rings is 1. The SMILES string of the molecule is CCc1sc(-c2ccnc(Nc3cc(C)cc(C)c3)n2)nc1CO. The van der Waals surface area contributed by atoms with E-state index in [2.05, 4.69) is 59.2 Å². The Labute approximate surface area is 145 Å². The second-order valence-electron chi connectivity index (χ2n) is 5.67. The summed E-state index contributed by atoms with van der Waals surface area (Å²) in [6.07, 6.45) is 2.57. The number of hydrogen-bond acceptors (Lipinski definition) is 6. The Kier molecular flexibility index (Phi) is 4.87. The molecule has 3 rings (SSSR count). The van der Waals surface area contributed by atoms with E-state index < -0.39 is 0 Å². The molecule has 124 valence electrons. The molecule has 0 atom stereocenters. The third-order valence-corrected chi connectivity index (χ3v) is 4.87. The van der Waals surface area contributed by atoms with Crippen LogP contribution in [0.1, 0.15) is 28.6 Å². The molecular weight excluding hydrogens is 320 g/mol. The van der Waals surface area contributed by atoms with Gasteiger partial charge in [-0.25, -0.2) is 15.0 Å². The van der Waals surface area contributed by atoms with Gasteiger partial charge in [-0.1, -0.05) is 13.0 Å². The molecule has 3 aromatic rings. The zero-order valence-corrected chi connectivity index (χ0v) is 14.8. The van der Waals surface area contributed by atoms with E-state index in [1.54, 1.807) is 17.5 Å². The third-order valence-electron chi connectivity index (χ3n) is 3.60. The van der Waals surface area contributed by atoms with Crippen molar-refractivity contribution in [1.29, 1.82) is 0 Å². The van der Waals surface area contributed by atoms with Crippen LogP contribution in [-0.2, 0) is 13.0 Å². The maximum Gasteiger partial charge on any atom is 0.227 e. The first kappa shape index (κ1) is 16.5. The lowest BCUT2D eigenvalue weighted by molar-refractivity contribution is 0.276. The summed E-state index contributed by atoms with van der Waals surface area (Å²) in [6, 6.07) is 8.09. The van der Waals surface area contributed by atoms with Gasteiger partial charge in [0.25, 0.3) is 0 Å². The largest absolute Gasteiger partial charge is 0.390 e. The lowest BCUT2D eigenvalue weighted by Gasteiger charge is -2.07. The normalized spacial score (nSPS) is 10.8. The van der Waals surface area contributed by atoms with Gasteiger partial charge in [0.2, 0.25) is 5.95 Å². The number of rotatable bonds is 5. The first-order valence-electron chi connectivity index (χ1n) is 7.87. The number of aliphatic hydroxyl groups excluding tert-OH is 1. The molecule has 0 bridgehead atoms. The van der Waals surface area contributed by atoms with Gasteiger partial charge in [0.15, 0.2) is 0 Å². The van der Waals surface area contributed by atoms with E-state index in [9.17, 15) is 5.11 Å². The van der Waals surface area contributed by atoms with Crippen LogP contribution in [0.15, 0.2) is 30.5 Å². The van der Waals surface area contributed by atoms with Crippen LogP contribution in [0.3, 0.4) is 0 Å². The number of aryl methyl sites for hydroxylation is 3. The van der Waals surface area contributed by atoms with E-state index in [0.717, 1.165) is 33.4 Å². The molecule has 0 spiro atoms. The molecule has 2 aromatic heterocycles. The highest BCUT2D eigenvalue weighted by Gasteiger charge is 2.12. The Morgan fingerprint density at radius 2 is 1.88 bits per heavy atom. The Morgan fingerprint density at radius 1 is 1.12 bits per heavy atom. The molecule has 0 amide bonds. The maximum absolute atomic E-state index is 9.41. The molecule has 5 nitrogen and oxygen atoms in total. The van der Waals surface area contributed by atoms with Gasteiger partial charge in [0, 0.05) is 16.8 Å². The summed E-state index contributed by atoms with van der Waals surface area (Å²) >= 11 is 1.57. The molecule has 2 heterocycles. The molecule has 0 aliphatic rings. The van der Waals surface area contributed by atoms with Crippen LogP contribution in [0.5, 0.6) is 0 Å². The van der Waals surface area contributed by atoms with Gasteiger partial charge in [-0.3, -0.25) is 0 Å². The first-order valence-corrected chi connectivity index (χ1v) is 8.69. The van der Waals surface area contributed by atoms with E-state index >= 15 is 0 Å². The number of anilines is 2. The van der Waals surface area contributed by atoms with E-state index in [0.29, 0.717) is 5.95 Å². The van der Waals surface area contributed by atoms with Crippen molar-refractivity contribution in [3.63, 3.8) is 0 Å². The highest BCUT2D eigenvalue weighted by Crippen LogP contribution is 2.28. The van der Waals surface area contributed by atoms with Crippen molar-refractivity contribution < 1.29 is 5.11 Å². The summed E-state index contributed by atoms with van der Waals surface area (Å²) < 4.78 is 0. The standard InChI is InChI=1S/C18H20N4OS/c1-4-16-15(10-23)21-17(24-16)14-5-6-19-18(22-14)20-13-8-11(2)7-12(3)9-13/h5-9,23H,4,10H2,1-3H3,(H,19,20,22). The van der Waals surface area contributed by atoms with Crippen LogP contribution in [0, 0.1) is 13.8 Å². The molecule has 0 unspecified atom stereocenters. The monoisotopic (exact) mass is 340 g/mol. The lowest BCUT2D eigenvalue weighted by Crippen LogP contribution is -1.98. The fourth-order valence-corrected chi connectivity index (χ4v) is 3.59. The molecule has 0 fully saturated rings. The second-order valence-corrected chi connectivity index (χ2v) is 6.75. The minimum absolute atomic E-state index is 0.0432. The average molecular weight is 340 g/mol. The molecule has 6 heteroatoms. The van der Waals surface area contributed by atoms with E-state index in [4.69, 9.17) is 0 Å². The van der Waals surface area contributed by atoms with E-state index in [1.165, 1.54) is 11.1 Å². The summed E-state index contributed by atoms with van der Waals surface area (Å²) in [5, 5.41) is 13.5. The fraction of sp³-hybridized carbons (Fsp3) is 0.278. The molecule has 0 aliphatic carbocycles. The Morgan fingerprint density at radius 3 is 2.50 bits per heavy atom. The molecule has 0 aliphatic heterocycles. The van der Waals surface area contributed by atoms with Crippen molar-refractivity contribution in [2.45, 2.75) is 33.8 Å². The number of thiazole rings is 1. The maximum atomic E-state index is 9.41. The van der Waals surface area contributed by atoms with Crippen LogP contribution in [0.4, 0.5) is 11.6 Å². The predicted octanol–water partition coefficient (Wildman–Crippen LogP) is 4.02. The van der Waals surface area contributed by atoms with Crippen LogP contribution in [0.25, 0.3) is 10.7 Å². The predicted molar refractivity (Wildman–Crippen MR) is 97.6 cm³/mol. The van der Waals surface area contributed by atoms with Crippen molar-refractivity contribution in [1.82, 2.24) is 15.0 Å². The Bertz CT molecular complexity index is 818. The van der Waals surface area contributed by atoms with Crippen molar-refractivity contribution in [3.05, 3.63) is 52.2 Å². The van der Waals surface area contributed by atoms with Crippen molar-refractivity contribution in [3.8, 4) is 10.7 Å². The van der Waals surface area contributed by atoms with Gasteiger partial charge in [-0.05, 0) is 49.6 Å². The zero-order valence-electron chi connectivity index (χ0n) is 14.0. The topological polar surface area (TPSA) is 70.9 Å². The summed E-state index contributed by atoms with van der Waals surface area (Å²) in [5.41, 5.74) is 4.84. The van der Waals surface area contributed by atoms with Crippen LogP contribution in [0.2, 0.25) is 0 Å². The Balaban J connectivity index is 1.90. The van der Waals surface area contributed by atoms with Gasteiger partial charge < -0.3 is 10.4 Å². The molecule has 1 aromatic carbocycles. The van der Waals surface area contributed by atoms with Gasteiger partial charge >= 0.3 is 0 Å². The number of nitrogens with one attached hydrogen (secondary N) is 1.